The maximum Gasteiger partial charge on any atom is 0.253 e. The Morgan fingerprint density at radius 2 is 1.64 bits per heavy atom. The Hall–Kier alpha value is -3.95. The molecule has 0 saturated carbocycles. The molecule has 4 heterocycles. The molecule has 3 fully saturated rings. The Balaban J connectivity index is 1.06. The topological polar surface area (TPSA) is 65.2 Å². The lowest BCUT2D eigenvalue weighted by Crippen LogP contribution is -2.49. The van der Waals surface area contributed by atoms with Crippen LogP contribution in [0.2, 0.25) is 0 Å². The van der Waals surface area contributed by atoms with Crippen LogP contribution in [-0.4, -0.2) is 57.0 Å². The van der Waals surface area contributed by atoms with Gasteiger partial charge in [-0.25, -0.2) is 4.98 Å². The molecule has 1 aromatic heterocycles. The van der Waals surface area contributed by atoms with Crippen molar-refractivity contribution in [2.75, 3.05) is 19.6 Å². The fraction of sp³-hybridized carbons (Fsp3) is 0.417. The molecule has 7 rings (SSSR count). The van der Waals surface area contributed by atoms with Crippen LogP contribution in [0.4, 0.5) is 0 Å². The Kier molecular flexibility index (Phi) is 7.07. The number of rotatable bonds is 6. The fourth-order valence-corrected chi connectivity index (χ4v) is 8.31. The molecule has 3 aliphatic heterocycles. The maximum atomic E-state index is 13.4. The number of carbonyl (C=O) groups is 1. The van der Waals surface area contributed by atoms with Gasteiger partial charge in [0.1, 0.15) is 5.82 Å². The zero-order valence-electron chi connectivity index (χ0n) is 24.5. The molecular formula is C36H39N5O. The third-order valence-electron chi connectivity index (χ3n) is 10.5. The monoisotopic (exact) mass is 557 g/mol. The normalized spacial score (nSPS) is 23.6. The van der Waals surface area contributed by atoms with Gasteiger partial charge in [0.25, 0.3) is 5.91 Å². The van der Waals surface area contributed by atoms with Crippen molar-refractivity contribution in [1.82, 2.24) is 19.4 Å². The van der Waals surface area contributed by atoms with E-state index in [-0.39, 0.29) is 11.3 Å². The van der Waals surface area contributed by atoms with Crippen LogP contribution in [0.5, 0.6) is 0 Å². The molecular weight excluding hydrogens is 518 g/mol. The second-order valence-corrected chi connectivity index (χ2v) is 12.6. The van der Waals surface area contributed by atoms with Crippen LogP contribution in [0.15, 0.2) is 78.9 Å². The van der Waals surface area contributed by atoms with Crippen LogP contribution in [0.1, 0.15) is 78.3 Å². The van der Waals surface area contributed by atoms with Crippen molar-refractivity contribution in [1.29, 1.82) is 5.26 Å². The predicted octanol–water partition coefficient (Wildman–Crippen LogP) is 6.65. The number of likely N-dealkylation sites (tertiary alicyclic amines) is 1. The van der Waals surface area contributed by atoms with Gasteiger partial charge in [0, 0.05) is 36.8 Å². The first-order chi connectivity index (χ1) is 20.5. The standard InChI is InChI=1S/C36H39N5O/c1-26-38-33-12-5-6-13-34(33)41(26)32-23-30-14-15-31(24-32)40(30)21-18-36(29-10-3-2-4-11-29)16-19-39(20-17-36)35(42)28-9-7-8-27(22-28)25-37/h2-13,22,30-32H,14-21,23-24H2,1H3/t30-,31+,32?. The number of para-hydroxylation sites is 2. The number of carbonyl (C=O) groups excluding carboxylic acids is 1. The maximum absolute atomic E-state index is 13.4. The number of hydrogen-bond donors (Lipinski definition) is 0. The van der Waals surface area contributed by atoms with Crippen molar-refractivity contribution >= 4 is 16.9 Å². The third kappa shape index (κ3) is 4.80. The summed E-state index contributed by atoms with van der Waals surface area (Å²) in [6.45, 7) is 4.76. The van der Waals surface area contributed by atoms with Crippen LogP contribution in [0, 0.1) is 18.3 Å². The van der Waals surface area contributed by atoms with Crippen LogP contribution in [0.3, 0.4) is 0 Å². The number of amides is 1. The number of benzene rings is 3. The molecule has 214 valence electrons. The Labute approximate surface area is 248 Å². The smallest absolute Gasteiger partial charge is 0.253 e. The van der Waals surface area contributed by atoms with E-state index in [1.54, 1.807) is 18.2 Å². The van der Waals surface area contributed by atoms with Gasteiger partial charge in [-0.1, -0.05) is 48.5 Å². The molecule has 3 aromatic carbocycles. The van der Waals surface area contributed by atoms with E-state index >= 15 is 0 Å². The summed E-state index contributed by atoms with van der Waals surface area (Å²) < 4.78 is 2.52. The average molecular weight is 558 g/mol. The Bertz CT molecular complexity index is 1610. The molecule has 0 spiro atoms. The molecule has 1 unspecified atom stereocenters. The summed E-state index contributed by atoms with van der Waals surface area (Å²) >= 11 is 0. The zero-order chi connectivity index (χ0) is 28.7. The summed E-state index contributed by atoms with van der Waals surface area (Å²) in [5.74, 6) is 1.17. The molecule has 1 amide bonds. The van der Waals surface area contributed by atoms with E-state index in [2.05, 4.69) is 77.1 Å². The first kappa shape index (κ1) is 26.9. The highest BCUT2D eigenvalue weighted by atomic mass is 16.2. The number of hydrogen-bond acceptors (Lipinski definition) is 4. The highest BCUT2D eigenvalue weighted by Crippen LogP contribution is 2.45. The minimum absolute atomic E-state index is 0.0381. The van der Waals surface area contributed by atoms with Gasteiger partial charge in [-0.05, 0) is 99.7 Å². The van der Waals surface area contributed by atoms with Crippen LogP contribution in [0.25, 0.3) is 11.0 Å². The van der Waals surface area contributed by atoms with Gasteiger partial charge in [-0.15, -0.1) is 0 Å². The summed E-state index contributed by atoms with van der Waals surface area (Å²) in [6, 6.07) is 30.6. The lowest BCUT2D eigenvalue weighted by Gasteiger charge is -2.45. The van der Waals surface area contributed by atoms with Crippen molar-refractivity contribution in [3.05, 3.63) is 101 Å². The van der Waals surface area contributed by atoms with Crippen molar-refractivity contribution in [3.8, 4) is 6.07 Å². The number of nitrogens with zero attached hydrogens (tertiary/aromatic N) is 5. The molecule has 42 heavy (non-hydrogen) atoms. The summed E-state index contributed by atoms with van der Waals surface area (Å²) in [7, 11) is 0. The third-order valence-corrected chi connectivity index (χ3v) is 10.5. The highest BCUT2D eigenvalue weighted by molar-refractivity contribution is 5.94. The second-order valence-electron chi connectivity index (χ2n) is 12.6. The van der Waals surface area contributed by atoms with E-state index in [1.165, 1.54) is 36.8 Å². The van der Waals surface area contributed by atoms with Gasteiger partial charge >= 0.3 is 0 Å². The highest BCUT2D eigenvalue weighted by Gasteiger charge is 2.44. The molecule has 4 aromatic rings. The SMILES string of the molecule is Cc1nc2ccccc2n1C1C[C@H]2CC[C@@H](C1)N2CCC1(c2ccccc2)CCN(C(=O)c2cccc(C#N)c2)CC1. The second kappa shape index (κ2) is 11.0. The zero-order valence-corrected chi connectivity index (χ0v) is 24.5. The molecule has 0 radical (unpaired) electrons. The molecule has 2 bridgehead atoms. The molecule has 6 nitrogen and oxygen atoms in total. The lowest BCUT2D eigenvalue weighted by atomic mass is 9.70. The van der Waals surface area contributed by atoms with Gasteiger partial charge in [0.2, 0.25) is 0 Å². The number of piperidine rings is 2. The van der Waals surface area contributed by atoms with E-state index in [0.29, 0.717) is 29.3 Å². The number of nitriles is 1. The van der Waals surface area contributed by atoms with Gasteiger partial charge < -0.3 is 9.47 Å². The van der Waals surface area contributed by atoms with E-state index in [1.807, 2.05) is 11.0 Å². The first-order valence-electron chi connectivity index (χ1n) is 15.6. The number of fused-ring (bicyclic) bond motifs is 3. The molecule has 3 aliphatic rings. The van der Waals surface area contributed by atoms with Crippen molar-refractivity contribution in [3.63, 3.8) is 0 Å². The quantitative estimate of drug-likeness (QED) is 0.266. The number of aromatic nitrogens is 2. The number of imidazole rings is 1. The first-order valence-corrected chi connectivity index (χ1v) is 15.6. The van der Waals surface area contributed by atoms with Crippen LogP contribution < -0.4 is 0 Å². The van der Waals surface area contributed by atoms with E-state index < -0.39 is 0 Å². The fourth-order valence-electron chi connectivity index (χ4n) is 8.31. The summed E-state index contributed by atoms with van der Waals surface area (Å²) in [4.78, 5) is 23.0. The Morgan fingerprint density at radius 3 is 2.38 bits per heavy atom. The summed E-state index contributed by atoms with van der Waals surface area (Å²) in [5.41, 5.74) is 5.01. The van der Waals surface area contributed by atoms with Crippen molar-refractivity contribution in [2.45, 2.75) is 75.4 Å². The summed E-state index contributed by atoms with van der Waals surface area (Å²) in [5, 5.41) is 9.29. The molecule has 3 atom stereocenters. The van der Waals surface area contributed by atoms with Crippen molar-refractivity contribution in [2.24, 2.45) is 0 Å². The Morgan fingerprint density at radius 1 is 0.929 bits per heavy atom. The predicted molar refractivity (Wildman–Crippen MR) is 165 cm³/mol. The molecule has 3 saturated heterocycles. The van der Waals surface area contributed by atoms with Gasteiger partial charge in [-0.3, -0.25) is 9.69 Å². The van der Waals surface area contributed by atoms with E-state index in [9.17, 15) is 10.1 Å². The number of aryl methyl sites for hydroxylation is 1. The van der Waals surface area contributed by atoms with E-state index in [4.69, 9.17) is 4.98 Å². The van der Waals surface area contributed by atoms with Crippen LogP contribution in [-0.2, 0) is 5.41 Å². The molecule has 6 heteroatoms. The molecule has 0 N–H and O–H groups in total. The minimum atomic E-state index is 0.0381. The van der Waals surface area contributed by atoms with Gasteiger partial charge in [-0.2, -0.15) is 5.26 Å². The average Bonchev–Trinajstić information content (AvgIpc) is 3.50. The van der Waals surface area contributed by atoms with Gasteiger partial charge in [0.15, 0.2) is 0 Å². The van der Waals surface area contributed by atoms with Crippen LogP contribution >= 0.6 is 0 Å². The lowest BCUT2D eigenvalue weighted by molar-refractivity contribution is 0.0607. The largest absolute Gasteiger partial charge is 0.339 e. The summed E-state index contributed by atoms with van der Waals surface area (Å²) in [6.07, 6.45) is 8.01. The molecule has 0 aliphatic carbocycles. The van der Waals surface area contributed by atoms with Gasteiger partial charge in [0.05, 0.1) is 22.7 Å². The van der Waals surface area contributed by atoms with Crippen molar-refractivity contribution < 1.29 is 4.79 Å². The minimum Gasteiger partial charge on any atom is -0.339 e. The van der Waals surface area contributed by atoms with E-state index in [0.717, 1.165) is 50.2 Å².